The molecule has 8 heteroatoms. The molecule has 32 heavy (non-hydrogen) atoms. The molecule has 5 rings (SSSR count). The number of anilines is 1. The highest BCUT2D eigenvalue weighted by atomic mass is 15.3. The first-order valence-electron chi connectivity index (χ1n) is 11.0. The van der Waals surface area contributed by atoms with Crippen LogP contribution in [0.15, 0.2) is 48.0 Å². The minimum atomic E-state index is 0.542. The van der Waals surface area contributed by atoms with Gasteiger partial charge in [-0.2, -0.15) is 15.5 Å². The van der Waals surface area contributed by atoms with Gasteiger partial charge in [0.1, 0.15) is 11.9 Å². The van der Waals surface area contributed by atoms with Crippen molar-refractivity contribution in [2.75, 3.05) is 25.0 Å². The van der Waals surface area contributed by atoms with Crippen molar-refractivity contribution in [3.63, 3.8) is 0 Å². The lowest BCUT2D eigenvalue weighted by Crippen LogP contribution is -2.51. The zero-order chi connectivity index (χ0) is 22.1. The van der Waals surface area contributed by atoms with E-state index >= 15 is 0 Å². The van der Waals surface area contributed by atoms with Gasteiger partial charge in [-0.15, -0.1) is 0 Å². The number of hydrogen-bond acceptors (Lipinski definition) is 7. The molecule has 5 heterocycles. The van der Waals surface area contributed by atoms with Crippen LogP contribution in [-0.2, 0) is 0 Å². The molecule has 2 fully saturated rings. The zero-order valence-electron chi connectivity index (χ0n) is 18.3. The fraction of sp³-hybridized carbons (Fsp3) is 0.333. The van der Waals surface area contributed by atoms with Crippen LogP contribution < -0.4 is 15.6 Å². The van der Waals surface area contributed by atoms with E-state index in [-0.39, 0.29) is 0 Å². The minimum Gasteiger partial charge on any atom is -0.353 e. The monoisotopic (exact) mass is 426 g/mol. The molecule has 2 unspecified atom stereocenters. The van der Waals surface area contributed by atoms with Crippen LogP contribution in [0.2, 0.25) is 0 Å². The molecule has 2 atom stereocenters. The number of piperazine rings is 1. The van der Waals surface area contributed by atoms with E-state index in [0.717, 1.165) is 46.7 Å². The van der Waals surface area contributed by atoms with E-state index in [1.807, 2.05) is 25.4 Å². The molecule has 8 nitrogen and oxygen atoms in total. The molecule has 0 saturated carbocycles. The molecule has 0 aliphatic carbocycles. The number of rotatable bonds is 5. The summed E-state index contributed by atoms with van der Waals surface area (Å²) in [5.74, 6) is 1.00. The zero-order valence-corrected chi connectivity index (χ0v) is 18.3. The highest BCUT2D eigenvalue weighted by Gasteiger charge is 2.32. The van der Waals surface area contributed by atoms with Crippen LogP contribution in [0, 0.1) is 11.3 Å². The van der Waals surface area contributed by atoms with E-state index in [0.29, 0.717) is 17.6 Å². The Hall–Kier alpha value is -3.70. The highest BCUT2D eigenvalue weighted by molar-refractivity contribution is 6.10. The van der Waals surface area contributed by atoms with Gasteiger partial charge >= 0.3 is 0 Å². The van der Waals surface area contributed by atoms with E-state index in [4.69, 9.17) is 4.98 Å². The Kier molecular flexibility index (Phi) is 5.33. The highest BCUT2D eigenvalue weighted by Crippen LogP contribution is 2.31. The molecule has 0 radical (unpaired) electrons. The molecular formula is C24H26N8. The second kappa shape index (κ2) is 8.44. The first-order valence-corrected chi connectivity index (χ1v) is 11.0. The summed E-state index contributed by atoms with van der Waals surface area (Å²) in [6, 6.07) is 9.66. The lowest BCUT2D eigenvalue weighted by atomic mass is 10.00. The first kappa shape index (κ1) is 20.2. The van der Waals surface area contributed by atoms with Crippen LogP contribution in [0.3, 0.4) is 0 Å². The Balaban J connectivity index is 1.55. The molecule has 2 aliphatic rings. The molecular weight excluding hydrogens is 400 g/mol. The van der Waals surface area contributed by atoms with Gasteiger partial charge in [0.05, 0.1) is 23.5 Å². The molecule has 162 valence electrons. The van der Waals surface area contributed by atoms with Gasteiger partial charge in [-0.25, -0.2) is 9.50 Å². The van der Waals surface area contributed by atoms with Crippen LogP contribution in [0.5, 0.6) is 0 Å². The third-order valence-electron chi connectivity index (χ3n) is 6.31. The summed E-state index contributed by atoms with van der Waals surface area (Å²) in [7, 11) is 1.77. The van der Waals surface area contributed by atoms with Crippen molar-refractivity contribution >= 4 is 23.1 Å². The fourth-order valence-corrected chi connectivity index (χ4v) is 4.75. The lowest BCUT2D eigenvalue weighted by molar-refractivity contribution is 0.463. The van der Waals surface area contributed by atoms with Crippen molar-refractivity contribution in [2.45, 2.75) is 31.8 Å². The molecule has 2 N–H and O–H groups in total. The maximum atomic E-state index is 9.63. The van der Waals surface area contributed by atoms with Crippen LogP contribution in [-0.4, -0.2) is 53.0 Å². The van der Waals surface area contributed by atoms with Crippen molar-refractivity contribution < 1.29 is 0 Å². The number of hydrogen-bond donors (Lipinski definition) is 2. The van der Waals surface area contributed by atoms with Crippen LogP contribution in [0.1, 0.15) is 30.9 Å². The third kappa shape index (κ3) is 3.61. The lowest BCUT2D eigenvalue weighted by Gasteiger charge is -2.33. The maximum absolute atomic E-state index is 9.63. The number of nitrogens with one attached hydrogen (secondary N) is 2. The van der Waals surface area contributed by atoms with E-state index in [1.54, 1.807) is 24.0 Å². The van der Waals surface area contributed by atoms with Gasteiger partial charge in [0.15, 0.2) is 0 Å². The molecule has 3 aromatic rings. The quantitative estimate of drug-likeness (QED) is 0.481. The normalized spacial score (nSPS) is 20.8. The number of nitriles is 1. The van der Waals surface area contributed by atoms with Gasteiger partial charge in [0.2, 0.25) is 0 Å². The Morgan fingerprint density at radius 3 is 2.75 bits per heavy atom. The number of aromatic nitrogens is 3. The van der Waals surface area contributed by atoms with Crippen LogP contribution in [0.25, 0.3) is 22.2 Å². The molecule has 0 aromatic carbocycles. The van der Waals surface area contributed by atoms with Gasteiger partial charge in [-0.3, -0.25) is 0 Å². The summed E-state index contributed by atoms with van der Waals surface area (Å²) in [5, 5.41) is 21.9. The first-order chi connectivity index (χ1) is 15.7. The number of allylic oxidation sites excluding steroid dienone is 2. The molecule has 2 saturated heterocycles. The second-order valence-corrected chi connectivity index (χ2v) is 8.28. The SMILES string of the molecule is C/C=C(\C=N/NC)c1cc(-c2ccc(N3CC4CCC(C3)N4)nc2)c2c(C#N)cnn2c1. The van der Waals surface area contributed by atoms with E-state index < -0.39 is 0 Å². The smallest absolute Gasteiger partial charge is 0.128 e. The minimum absolute atomic E-state index is 0.542. The van der Waals surface area contributed by atoms with E-state index in [2.05, 4.69) is 50.1 Å². The molecule has 3 aromatic heterocycles. The van der Waals surface area contributed by atoms with Crippen molar-refractivity contribution in [1.29, 1.82) is 5.26 Å². The van der Waals surface area contributed by atoms with Crippen molar-refractivity contribution in [2.24, 2.45) is 5.10 Å². The van der Waals surface area contributed by atoms with Crippen molar-refractivity contribution in [3.05, 3.63) is 54.0 Å². The standard InChI is InChI=1S/C24H26N8/c1-3-16(11-28-26-2)18-8-22(24-19(9-25)12-29-32(24)13-18)17-4-7-23(27-10-17)31-14-20-5-6-21(15-31)30-20/h3-4,7-8,10-13,20-21,26,30H,5-6,14-15H2,1-2H3/b16-3+,28-11-. The van der Waals surface area contributed by atoms with Gasteiger partial charge in [0, 0.05) is 61.3 Å². The van der Waals surface area contributed by atoms with Crippen molar-refractivity contribution in [3.8, 4) is 17.2 Å². The van der Waals surface area contributed by atoms with Crippen LogP contribution in [0.4, 0.5) is 5.82 Å². The Bertz CT molecular complexity index is 1220. The van der Waals surface area contributed by atoms with Gasteiger partial charge in [0.25, 0.3) is 0 Å². The van der Waals surface area contributed by atoms with E-state index in [1.165, 1.54) is 12.8 Å². The Labute approximate surface area is 187 Å². The second-order valence-electron chi connectivity index (χ2n) is 8.28. The van der Waals surface area contributed by atoms with E-state index in [9.17, 15) is 5.26 Å². The predicted octanol–water partition coefficient (Wildman–Crippen LogP) is 2.82. The average Bonchev–Trinajstić information content (AvgIpc) is 3.41. The Morgan fingerprint density at radius 1 is 1.28 bits per heavy atom. The molecule has 0 amide bonds. The van der Waals surface area contributed by atoms with Gasteiger partial charge < -0.3 is 15.6 Å². The summed E-state index contributed by atoms with van der Waals surface area (Å²) < 4.78 is 1.77. The summed E-state index contributed by atoms with van der Waals surface area (Å²) in [6.07, 6.45) is 11.7. The predicted molar refractivity (Wildman–Crippen MR) is 126 cm³/mol. The summed E-state index contributed by atoms with van der Waals surface area (Å²) >= 11 is 0. The summed E-state index contributed by atoms with van der Waals surface area (Å²) in [5.41, 5.74) is 7.91. The summed E-state index contributed by atoms with van der Waals surface area (Å²) in [6.45, 7) is 3.97. The van der Waals surface area contributed by atoms with Gasteiger partial charge in [-0.05, 0) is 43.5 Å². The summed E-state index contributed by atoms with van der Waals surface area (Å²) in [4.78, 5) is 7.18. The fourth-order valence-electron chi connectivity index (χ4n) is 4.75. The maximum Gasteiger partial charge on any atom is 0.128 e. The van der Waals surface area contributed by atoms with Crippen LogP contribution >= 0.6 is 0 Å². The average molecular weight is 427 g/mol. The topological polar surface area (TPSA) is 93.6 Å². The van der Waals surface area contributed by atoms with Gasteiger partial charge in [-0.1, -0.05) is 6.08 Å². The number of fused-ring (bicyclic) bond motifs is 3. The van der Waals surface area contributed by atoms with Crippen molar-refractivity contribution in [1.82, 2.24) is 25.3 Å². The number of pyridine rings is 2. The Morgan fingerprint density at radius 2 is 2.09 bits per heavy atom. The third-order valence-corrected chi connectivity index (χ3v) is 6.31. The number of hydrazone groups is 1. The number of nitrogens with zero attached hydrogens (tertiary/aromatic N) is 6. The largest absolute Gasteiger partial charge is 0.353 e. The molecule has 2 aliphatic heterocycles. The molecule has 0 spiro atoms. The molecule has 2 bridgehead atoms.